The predicted octanol–water partition coefficient (Wildman–Crippen LogP) is 1.71. The van der Waals surface area contributed by atoms with Crippen LogP contribution in [0.2, 0.25) is 0 Å². The van der Waals surface area contributed by atoms with E-state index in [1.807, 2.05) is 6.07 Å². The van der Waals surface area contributed by atoms with E-state index in [4.69, 9.17) is 4.74 Å². The first kappa shape index (κ1) is 28.3. The number of hydrogen-bond donors (Lipinski definition) is 4. The molecule has 0 radical (unpaired) electrons. The Morgan fingerprint density at radius 2 is 1.44 bits per heavy atom. The summed E-state index contributed by atoms with van der Waals surface area (Å²) >= 11 is 0. The molecule has 3 amide bonds. The third-order valence-electron chi connectivity index (χ3n) is 5.58. The average Bonchev–Trinajstić information content (AvgIpc) is 2.88. The fourth-order valence-electron chi connectivity index (χ4n) is 3.56. The molecular formula is C26H33N3O7. The number of carbonyl (C=O) groups excluding carboxylic acids is 3. The summed E-state index contributed by atoms with van der Waals surface area (Å²) in [6.45, 7) is 4.36. The van der Waals surface area contributed by atoms with Gasteiger partial charge in [-0.3, -0.25) is 9.59 Å². The maximum absolute atomic E-state index is 13.2. The molecule has 3 atom stereocenters. The first-order valence-corrected chi connectivity index (χ1v) is 11.7. The second kappa shape index (κ2) is 14.5. The number of aliphatic carboxylic acids is 1. The van der Waals surface area contributed by atoms with Gasteiger partial charge in [-0.1, -0.05) is 60.7 Å². The fraction of sp³-hybridized carbons (Fsp3) is 0.385. The van der Waals surface area contributed by atoms with Crippen LogP contribution in [0.3, 0.4) is 0 Å². The van der Waals surface area contributed by atoms with Gasteiger partial charge in [0.05, 0.1) is 12.5 Å². The van der Waals surface area contributed by atoms with E-state index in [-0.39, 0.29) is 25.4 Å². The third kappa shape index (κ3) is 9.03. The first-order chi connectivity index (χ1) is 17.2. The van der Waals surface area contributed by atoms with Gasteiger partial charge in [0.2, 0.25) is 11.8 Å². The lowest BCUT2D eigenvalue weighted by molar-refractivity contribution is -0.149. The van der Waals surface area contributed by atoms with Crippen LogP contribution < -0.4 is 10.6 Å². The lowest BCUT2D eigenvalue weighted by Crippen LogP contribution is -2.55. The van der Waals surface area contributed by atoms with Crippen LogP contribution in [0.1, 0.15) is 31.4 Å². The highest BCUT2D eigenvalue weighted by molar-refractivity contribution is 5.91. The van der Waals surface area contributed by atoms with E-state index in [1.54, 1.807) is 68.4 Å². The molecule has 0 spiro atoms. The second-order valence-corrected chi connectivity index (χ2v) is 8.12. The number of rotatable bonds is 13. The standard InChI is InChI=1S/C26H33N3O7/c1-3-29(4-2)22(30)16-21(28-26(35)36-17-19-13-9-6-10-14-19)24(32)27-20(23(31)25(33)34)15-18-11-7-5-8-12-18/h5-14,20-21,23,31H,3-4,15-17H2,1-2H3,(H,27,32)(H,28,35)(H,33,34)/t20-,21-,23-/m0/s1. The molecule has 2 rings (SSSR count). The van der Waals surface area contributed by atoms with E-state index in [9.17, 15) is 29.4 Å². The van der Waals surface area contributed by atoms with Gasteiger partial charge in [-0.05, 0) is 31.4 Å². The highest BCUT2D eigenvalue weighted by Crippen LogP contribution is 2.09. The molecule has 0 fully saturated rings. The summed E-state index contributed by atoms with van der Waals surface area (Å²) in [5.41, 5.74) is 1.43. The average molecular weight is 500 g/mol. The molecule has 36 heavy (non-hydrogen) atoms. The van der Waals surface area contributed by atoms with Crippen molar-refractivity contribution in [2.45, 2.75) is 51.5 Å². The van der Waals surface area contributed by atoms with Crippen molar-refractivity contribution in [3.05, 3.63) is 71.8 Å². The van der Waals surface area contributed by atoms with Gasteiger partial charge < -0.3 is 30.5 Å². The molecule has 2 aromatic rings. The van der Waals surface area contributed by atoms with E-state index >= 15 is 0 Å². The summed E-state index contributed by atoms with van der Waals surface area (Å²) < 4.78 is 5.19. The Morgan fingerprint density at radius 3 is 1.97 bits per heavy atom. The summed E-state index contributed by atoms with van der Waals surface area (Å²) in [4.78, 5) is 51.3. The Bertz CT molecular complexity index is 997. The third-order valence-corrected chi connectivity index (χ3v) is 5.58. The van der Waals surface area contributed by atoms with Gasteiger partial charge in [-0.15, -0.1) is 0 Å². The largest absolute Gasteiger partial charge is 0.479 e. The molecule has 0 aliphatic carbocycles. The lowest BCUT2D eigenvalue weighted by Gasteiger charge is -2.26. The number of nitrogens with zero attached hydrogens (tertiary/aromatic N) is 1. The minimum absolute atomic E-state index is 0.0230. The molecular weight excluding hydrogens is 466 g/mol. The van der Waals surface area contributed by atoms with Crippen LogP contribution in [0.15, 0.2) is 60.7 Å². The van der Waals surface area contributed by atoms with Crippen LogP contribution >= 0.6 is 0 Å². The van der Waals surface area contributed by atoms with Crippen molar-refractivity contribution in [1.82, 2.24) is 15.5 Å². The number of nitrogens with one attached hydrogen (secondary N) is 2. The van der Waals surface area contributed by atoms with Gasteiger partial charge in [0.1, 0.15) is 12.6 Å². The zero-order valence-electron chi connectivity index (χ0n) is 20.4. The van der Waals surface area contributed by atoms with Crippen molar-refractivity contribution in [2.24, 2.45) is 0 Å². The zero-order valence-corrected chi connectivity index (χ0v) is 20.4. The number of alkyl carbamates (subject to hydrolysis) is 1. The fourth-order valence-corrected chi connectivity index (χ4v) is 3.56. The highest BCUT2D eigenvalue weighted by atomic mass is 16.5. The van der Waals surface area contributed by atoms with Gasteiger partial charge in [-0.2, -0.15) is 0 Å². The van der Waals surface area contributed by atoms with Gasteiger partial charge in [-0.25, -0.2) is 9.59 Å². The maximum Gasteiger partial charge on any atom is 0.408 e. The van der Waals surface area contributed by atoms with Gasteiger partial charge in [0, 0.05) is 13.1 Å². The van der Waals surface area contributed by atoms with Crippen molar-refractivity contribution < 1.29 is 34.1 Å². The number of carboxylic acid groups (broad SMARTS) is 1. The number of hydrogen-bond acceptors (Lipinski definition) is 6. The smallest absolute Gasteiger partial charge is 0.408 e. The van der Waals surface area contributed by atoms with Crippen LogP contribution in [-0.2, 0) is 32.1 Å². The number of ether oxygens (including phenoxy) is 1. The van der Waals surface area contributed by atoms with Crippen molar-refractivity contribution in [3.63, 3.8) is 0 Å². The van der Waals surface area contributed by atoms with Crippen molar-refractivity contribution in [1.29, 1.82) is 0 Å². The molecule has 0 aliphatic heterocycles. The summed E-state index contributed by atoms with van der Waals surface area (Å²) in [6, 6.07) is 15.1. The Labute approximate surface area is 210 Å². The number of benzene rings is 2. The minimum Gasteiger partial charge on any atom is -0.479 e. The van der Waals surface area contributed by atoms with Crippen molar-refractivity contribution in [3.8, 4) is 0 Å². The molecule has 4 N–H and O–H groups in total. The Hall–Kier alpha value is -3.92. The Balaban J connectivity index is 2.17. The Morgan fingerprint density at radius 1 is 0.889 bits per heavy atom. The summed E-state index contributed by atoms with van der Waals surface area (Å²) in [5.74, 6) is -2.70. The lowest BCUT2D eigenvalue weighted by atomic mass is 10.0. The van der Waals surface area contributed by atoms with Gasteiger partial charge >= 0.3 is 12.1 Å². The number of aliphatic hydroxyl groups is 1. The van der Waals surface area contributed by atoms with Crippen LogP contribution in [0.25, 0.3) is 0 Å². The Kier molecular flexibility index (Phi) is 11.4. The van der Waals surface area contributed by atoms with Crippen LogP contribution in [0.4, 0.5) is 4.79 Å². The molecule has 0 aliphatic rings. The van der Waals surface area contributed by atoms with Crippen molar-refractivity contribution in [2.75, 3.05) is 13.1 Å². The number of aliphatic hydroxyl groups excluding tert-OH is 1. The summed E-state index contributed by atoms with van der Waals surface area (Å²) in [5, 5.41) is 24.5. The van der Waals surface area contributed by atoms with E-state index in [2.05, 4.69) is 10.6 Å². The molecule has 10 nitrogen and oxygen atoms in total. The molecule has 2 aromatic carbocycles. The van der Waals surface area contributed by atoms with E-state index < -0.39 is 36.2 Å². The predicted molar refractivity (Wildman–Crippen MR) is 132 cm³/mol. The zero-order chi connectivity index (χ0) is 26.5. The van der Waals surface area contributed by atoms with E-state index in [1.165, 1.54) is 4.90 Å². The number of carbonyl (C=O) groups is 4. The highest BCUT2D eigenvalue weighted by Gasteiger charge is 2.32. The van der Waals surface area contributed by atoms with E-state index in [0.29, 0.717) is 18.7 Å². The number of carboxylic acids is 1. The monoisotopic (exact) mass is 499 g/mol. The molecule has 0 saturated carbocycles. The normalized spacial score (nSPS) is 13.1. The molecule has 0 unspecified atom stereocenters. The van der Waals surface area contributed by atoms with Crippen LogP contribution in [-0.4, -0.2) is 70.3 Å². The molecule has 0 bridgehead atoms. The first-order valence-electron chi connectivity index (χ1n) is 11.7. The SMILES string of the molecule is CCN(CC)C(=O)C[C@H](NC(=O)OCc1ccccc1)C(=O)N[C@@H](Cc1ccccc1)[C@H](O)C(=O)O. The molecule has 10 heteroatoms. The number of amides is 3. The van der Waals surface area contributed by atoms with Crippen molar-refractivity contribution >= 4 is 23.9 Å². The molecule has 0 heterocycles. The van der Waals surface area contributed by atoms with Gasteiger partial charge in [0.25, 0.3) is 0 Å². The molecule has 0 aromatic heterocycles. The molecule has 0 saturated heterocycles. The minimum atomic E-state index is -1.90. The van der Waals surface area contributed by atoms with Crippen LogP contribution in [0, 0.1) is 0 Å². The quantitative estimate of drug-likeness (QED) is 0.328. The molecule has 194 valence electrons. The summed E-state index contributed by atoms with van der Waals surface area (Å²) in [6.07, 6.45) is -3.16. The maximum atomic E-state index is 13.2. The van der Waals surface area contributed by atoms with E-state index in [0.717, 1.165) is 5.56 Å². The summed E-state index contributed by atoms with van der Waals surface area (Å²) in [7, 11) is 0. The van der Waals surface area contributed by atoms with Gasteiger partial charge in [0.15, 0.2) is 6.10 Å². The van der Waals surface area contributed by atoms with Crippen LogP contribution in [0.5, 0.6) is 0 Å². The topological polar surface area (TPSA) is 145 Å². The second-order valence-electron chi connectivity index (χ2n) is 8.12.